The van der Waals surface area contributed by atoms with Crippen molar-refractivity contribution < 1.29 is 14.6 Å². The first kappa shape index (κ1) is 15.8. The Labute approximate surface area is 126 Å². The van der Waals surface area contributed by atoms with Crippen LogP contribution in [-0.2, 0) is 10.2 Å². The van der Waals surface area contributed by atoms with Gasteiger partial charge in [-0.25, -0.2) is 4.79 Å². The molecule has 0 spiro atoms. The van der Waals surface area contributed by atoms with Gasteiger partial charge >= 0.3 is 6.09 Å². The molecule has 1 aliphatic rings. The Kier molecular flexibility index (Phi) is 3.79. The molecule has 1 aromatic carbocycles. The summed E-state index contributed by atoms with van der Waals surface area (Å²) in [4.78, 5) is 14.1. The van der Waals surface area contributed by atoms with Crippen molar-refractivity contribution in [1.29, 1.82) is 0 Å². The van der Waals surface area contributed by atoms with Gasteiger partial charge in [-0.3, -0.25) is 4.90 Å². The van der Waals surface area contributed by atoms with E-state index >= 15 is 0 Å². The zero-order valence-electron chi connectivity index (χ0n) is 13.7. The van der Waals surface area contributed by atoms with E-state index in [1.165, 1.54) is 0 Å². The maximum absolute atomic E-state index is 12.4. The van der Waals surface area contributed by atoms with Gasteiger partial charge in [0.05, 0.1) is 11.8 Å². The third-order valence-electron chi connectivity index (χ3n) is 3.69. The lowest BCUT2D eigenvalue weighted by atomic mass is 9.86. The largest absolute Gasteiger partial charge is 0.443 e. The molecule has 0 fully saturated rings. The van der Waals surface area contributed by atoms with Gasteiger partial charge in [-0.2, -0.15) is 0 Å². The number of fused-ring (bicyclic) bond motifs is 1. The molecular formula is C17H25NO3. The molecule has 1 heterocycles. The van der Waals surface area contributed by atoms with E-state index in [4.69, 9.17) is 4.74 Å². The molecule has 1 N–H and O–H groups in total. The second-order valence-corrected chi connectivity index (χ2v) is 7.40. The maximum Gasteiger partial charge on any atom is 0.414 e. The van der Waals surface area contributed by atoms with Gasteiger partial charge in [0.1, 0.15) is 5.60 Å². The molecule has 1 atom stereocenters. The van der Waals surface area contributed by atoms with E-state index < -0.39 is 11.7 Å². The zero-order valence-corrected chi connectivity index (χ0v) is 13.7. The molecule has 1 aromatic rings. The van der Waals surface area contributed by atoms with Crippen LogP contribution in [0.5, 0.6) is 0 Å². The molecule has 1 unspecified atom stereocenters. The van der Waals surface area contributed by atoms with E-state index in [1.807, 2.05) is 39.0 Å². The summed E-state index contributed by atoms with van der Waals surface area (Å²) in [6.07, 6.45) is -0.833. The van der Waals surface area contributed by atoms with Gasteiger partial charge in [0, 0.05) is 12.0 Å². The van der Waals surface area contributed by atoms with Crippen molar-refractivity contribution in [3.05, 3.63) is 29.3 Å². The van der Waals surface area contributed by atoms with Crippen molar-refractivity contribution in [3.8, 4) is 0 Å². The third-order valence-corrected chi connectivity index (χ3v) is 3.69. The van der Waals surface area contributed by atoms with Crippen LogP contribution in [0.15, 0.2) is 18.2 Å². The first-order valence-electron chi connectivity index (χ1n) is 7.34. The summed E-state index contributed by atoms with van der Waals surface area (Å²) >= 11 is 0. The molecule has 116 valence electrons. The molecular weight excluding hydrogens is 266 g/mol. The van der Waals surface area contributed by atoms with Crippen LogP contribution in [0.25, 0.3) is 0 Å². The fourth-order valence-electron chi connectivity index (χ4n) is 2.64. The van der Waals surface area contributed by atoms with Crippen LogP contribution in [0.2, 0.25) is 0 Å². The van der Waals surface area contributed by atoms with Gasteiger partial charge in [-0.15, -0.1) is 0 Å². The van der Waals surface area contributed by atoms with Crippen LogP contribution >= 0.6 is 0 Å². The smallest absolute Gasteiger partial charge is 0.414 e. The number of carbonyl (C=O) groups is 1. The fourth-order valence-corrected chi connectivity index (χ4v) is 2.64. The first-order valence-corrected chi connectivity index (χ1v) is 7.34. The number of hydrogen-bond acceptors (Lipinski definition) is 3. The Hall–Kier alpha value is -1.55. The van der Waals surface area contributed by atoms with Crippen LogP contribution in [0.3, 0.4) is 0 Å². The standard InChI is InChI=1S/C17H25NO3/c1-11(19)12-7-8-14-13(9-12)17(5,6)10-18(14)15(20)21-16(2,3)4/h7-9,11,19H,10H2,1-6H3. The van der Waals surface area contributed by atoms with Crippen molar-refractivity contribution in [3.63, 3.8) is 0 Å². The average molecular weight is 291 g/mol. The highest BCUT2D eigenvalue weighted by Gasteiger charge is 2.39. The lowest BCUT2D eigenvalue weighted by Gasteiger charge is -2.25. The Morgan fingerprint density at radius 3 is 2.52 bits per heavy atom. The Bertz CT molecular complexity index is 556. The van der Waals surface area contributed by atoms with Crippen LogP contribution in [-0.4, -0.2) is 23.3 Å². The first-order chi connectivity index (χ1) is 9.51. The number of anilines is 1. The molecule has 0 bridgehead atoms. The van der Waals surface area contributed by atoms with Crippen molar-refractivity contribution in [2.24, 2.45) is 0 Å². The average Bonchev–Trinajstić information content (AvgIpc) is 2.59. The number of nitrogens with zero attached hydrogens (tertiary/aromatic N) is 1. The quantitative estimate of drug-likeness (QED) is 0.856. The van der Waals surface area contributed by atoms with E-state index in [2.05, 4.69) is 13.8 Å². The normalized spacial score (nSPS) is 18.3. The topological polar surface area (TPSA) is 49.8 Å². The zero-order chi connectivity index (χ0) is 16.0. The van der Waals surface area contributed by atoms with Crippen molar-refractivity contribution in [2.45, 2.75) is 58.7 Å². The summed E-state index contributed by atoms with van der Waals surface area (Å²) < 4.78 is 5.49. The van der Waals surface area contributed by atoms with Crippen LogP contribution in [0, 0.1) is 0 Å². The molecule has 4 heteroatoms. The minimum Gasteiger partial charge on any atom is -0.443 e. The Balaban J connectivity index is 2.38. The number of rotatable bonds is 1. The molecule has 1 amide bonds. The maximum atomic E-state index is 12.4. The predicted octanol–water partition coefficient (Wildman–Crippen LogP) is 3.77. The summed E-state index contributed by atoms with van der Waals surface area (Å²) in [5.74, 6) is 0. The number of carbonyl (C=O) groups excluding carboxylic acids is 1. The number of hydrogen-bond donors (Lipinski definition) is 1. The third kappa shape index (κ3) is 3.21. The van der Waals surface area contributed by atoms with Crippen molar-refractivity contribution in [1.82, 2.24) is 0 Å². The lowest BCUT2D eigenvalue weighted by Crippen LogP contribution is -2.38. The van der Waals surface area contributed by atoms with E-state index in [9.17, 15) is 9.90 Å². The number of amides is 1. The molecule has 4 nitrogen and oxygen atoms in total. The molecule has 0 saturated carbocycles. The van der Waals surface area contributed by atoms with Gasteiger partial charge in [-0.1, -0.05) is 26.0 Å². The summed E-state index contributed by atoms with van der Waals surface area (Å²) in [7, 11) is 0. The summed E-state index contributed by atoms with van der Waals surface area (Å²) in [6, 6.07) is 5.75. The number of ether oxygens (including phenoxy) is 1. The second kappa shape index (κ2) is 5.02. The monoisotopic (exact) mass is 291 g/mol. The minimum absolute atomic E-state index is 0.156. The van der Waals surface area contributed by atoms with Crippen LogP contribution in [0.4, 0.5) is 10.5 Å². The van der Waals surface area contributed by atoms with Crippen molar-refractivity contribution >= 4 is 11.8 Å². The summed E-state index contributed by atoms with van der Waals surface area (Å²) in [5.41, 5.74) is 2.15. The SMILES string of the molecule is CC(O)c1ccc2c(c1)C(C)(C)CN2C(=O)OC(C)(C)C. The minimum atomic E-state index is -0.512. The number of aliphatic hydroxyl groups excluding tert-OH is 1. The van der Waals surface area contributed by atoms with Gasteiger partial charge in [0.25, 0.3) is 0 Å². The molecule has 0 saturated heterocycles. The van der Waals surface area contributed by atoms with Crippen LogP contribution in [0.1, 0.15) is 58.8 Å². The van der Waals surface area contributed by atoms with E-state index in [-0.39, 0.29) is 11.5 Å². The second-order valence-electron chi connectivity index (χ2n) is 7.40. The summed E-state index contributed by atoms with van der Waals surface area (Å²) in [5, 5.41) is 9.75. The molecule has 1 aliphatic heterocycles. The van der Waals surface area contributed by atoms with Crippen LogP contribution < -0.4 is 4.90 Å². The van der Waals surface area contributed by atoms with E-state index in [0.29, 0.717) is 6.54 Å². The molecule has 0 aromatic heterocycles. The highest BCUT2D eigenvalue weighted by atomic mass is 16.6. The Morgan fingerprint density at radius 1 is 1.38 bits per heavy atom. The van der Waals surface area contributed by atoms with E-state index in [0.717, 1.165) is 16.8 Å². The molecule has 21 heavy (non-hydrogen) atoms. The van der Waals surface area contributed by atoms with Gasteiger partial charge in [0.15, 0.2) is 0 Å². The fraction of sp³-hybridized carbons (Fsp3) is 0.588. The Morgan fingerprint density at radius 2 is 2.00 bits per heavy atom. The van der Waals surface area contributed by atoms with Gasteiger partial charge in [-0.05, 0) is 44.9 Å². The van der Waals surface area contributed by atoms with E-state index in [1.54, 1.807) is 11.8 Å². The number of benzene rings is 1. The lowest BCUT2D eigenvalue weighted by molar-refractivity contribution is 0.0579. The molecule has 0 radical (unpaired) electrons. The summed E-state index contributed by atoms with van der Waals surface area (Å²) in [6.45, 7) is 12.1. The highest BCUT2D eigenvalue weighted by Crippen LogP contribution is 2.42. The molecule has 2 rings (SSSR count). The van der Waals surface area contributed by atoms with Gasteiger partial charge < -0.3 is 9.84 Å². The van der Waals surface area contributed by atoms with Crippen molar-refractivity contribution in [2.75, 3.05) is 11.4 Å². The molecule has 0 aliphatic carbocycles. The van der Waals surface area contributed by atoms with Gasteiger partial charge in [0.2, 0.25) is 0 Å². The number of aliphatic hydroxyl groups is 1. The predicted molar refractivity (Wildman–Crippen MR) is 83.7 cm³/mol. The highest BCUT2D eigenvalue weighted by molar-refractivity contribution is 5.91.